The van der Waals surface area contributed by atoms with Crippen LogP contribution in [-0.2, 0) is 10.2 Å². The highest BCUT2D eigenvalue weighted by Crippen LogP contribution is 2.37. The first-order chi connectivity index (χ1) is 12.9. The van der Waals surface area contributed by atoms with Crippen LogP contribution in [0.15, 0.2) is 47.7 Å². The van der Waals surface area contributed by atoms with Gasteiger partial charge in [-0.3, -0.25) is 0 Å². The fraction of sp³-hybridized carbons (Fsp3) is 0.524. The molecule has 2 radical (unpaired) electrons. The normalized spacial score (nSPS) is 16.9. The minimum atomic E-state index is -0.873. The Balaban J connectivity index is 2.00. The smallest absolute Gasteiger partial charge is 0.119 e. The summed E-state index contributed by atoms with van der Waals surface area (Å²) in [4.78, 5) is 0. The Morgan fingerprint density at radius 3 is 2.22 bits per heavy atom. The lowest BCUT2D eigenvalue weighted by Gasteiger charge is -2.31. The van der Waals surface area contributed by atoms with Gasteiger partial charge >= 0.3 is 0 Å². The maximum atomic E-state index is 9.49. The molecule has 0 saturated carbocycles. The van der Waals surface area contributed by atoms with Crippen LogP contribution in [0.2, 0.25) is 6.32 Å². The molecule has 0 amide bonds. The predicted molar refractivity (Wildman–Crippen MR) is 106 cm³/mol. The molecule has 0 heterocycles. The fourth-order valence-electron chi connectivity index (χ4n) is 2.93. The van der Waals surface area contributed by atoms with Crippen molar-refractivity contribution in [2.45, 2.75) is 50.6 Å². The molecular weight excluding hydrogens is 343 g/mol. The molecule has 27 heavy (non-hydrogen) atoms. The number of ether oxygens (including phenoxy) is 2. The summed E-state index contributed by atoms with van der Waals surface area (Å²) in [6.45, 7) is 4.34. The van der Waals surface area contributed by atoms with Gasteiger partial charge in [-0.05, 0) is 30.2 Å². The van der Waals surface area contributed by atoms with Crippen LogP contribution in [0.1, 0.15) is 32.3 Å². The van der Waals surface area contributed by atoms with Gasteiger partial charge in [-0.2, -0.15) is 0 Å². The molecule has 1 aliphatic carbocycles. The maximum Gasteiger partial charge on any atom is 0.119 e. The second-order valence-corrected chi connectivity index (χ2v) is 7.32. The first kappa shape index (κ1) is 21.5. The molecule has 0 aromatic heterocycles. The first-order valence-electron chi connectivity index (χ1n) is 9.30. The van der Waals surface area contributed by atoms with Crippen molar-refractivity contribution in [1.82, 2.24) is 0 Å². The fourth-order valence-corrected chi connectivity index (χ4v) is 2.93. The molecule has 0 spiro atoms. The maximum absolute atomic E-state index is 9.49. The molecule has 6 heteroatoms. The second-order valence-electron chi connectivity index (χ2n) is 7.32. The number of rotatable bonds is 10. The number of allylic oxidation sites excluding steroid dienone is 4. The summed E-state index contributed by atoms with van der Waals surface area (Å²) in [5.41, 5.74) is 2.33. The van der Waals surface area contributed by atoms with Gasteiger partial charge in [-0.1, -0.05) is 43.9 Å². The van der Waals surface area contributed by atoms with E-state index in [1.54, 1.807) is 0 Å². The number of aliphatic hydroxyl groups is 3. The Morgan fingerprint density at radius 1 is 1.00 bits per heavy atom. The van der Waals surface area contributed by atoms with E-state index >= 15 is 0 Å². The van der Waals surface area contributed by atoms with Crippen LogP contribution in [0.5, 0.6) is 5.75 Å². The zero-order valence-electron chi connectivity index (χ0n) is 16.1. The van der Waals surface area contributed by atoms with Crippen LogP contribution in [0.4, 0.5) is 0 Å². The van der Waals surface area contributed by atoms with Gasteiger partial charge in [0.15, 0.2) is 0 Å². The van der Waals surface area contributed by atoms with Gasteiger partial charge in [0.05, 0.1) is 26.3 Å². The van der Waals surface area contributed by atoms with Gasteiger partial charge in [-0.25, -0.2) is 0 Å². The summed E-state index contributed by atoms with van der Waals surface area (Å²) in [5.74, 6) is 1.53. The van der Waals surface area contributed by atoms with Crippen LogP contribution in [-0.4, -0.2) is 55.2 Å². The molecule has 1 aliphatic rings. The van der Waals surface area contributed by atoms with Crippen LogP contribution in [0.25, 0.3) is 0 Å². The average Bonchev–Trinajstić information content (AvgIpc) is 2.70. The first-order valence-corrected chi connectivity index (χ1v) is 9.30. The Hall–Kier alpha value is -1.76. The third-order valence-corrected chi connectivity index (χ3v) is 4.88. The largest absolute Gasteiger partial charge is 0.495 e. The van der Waals surface area contributed by atoms with Gasteiger partial charge in [0.1, 0.15) is 25.1 Å². The van der Waals surface area contributed by atoms with E-state index in [4.69, 9.17) is 22.4 Å². The molecule has 0 saturated heterocycles. The monoisotopic (exact) mass is 372 g/mol. The minimum absolute atomic E-state index is 0.0663. The van der Waals surface area contributed by atoms with E-state index in [0.29, 0.717) is 5.75 Å². The van der Waals surface area contributed by atoms with E-state index in [2.05, 4.69) is 19.9 Å². The molecule has 2 rings (SSSR count). The minimum Gasteiger partial charge on any atom is -0.495 e. The van der Waals surface area contributed by atoms with Gasteiger partial charge < -0.3 is 24.8 Å². The van der Waals surface area contributed by atoms with E-state index in [9.17, 15) is 10.2 Å². The molecule has 0 fully saturated rings. The molecule has 146 valence electrons. The molecule has 1 aromatic rings. The van der Waals surface area contributed by atoms with Gasteiger partial charge in [-0.15, -0.1) is 0 Å². The SMILES string of the molecule is [B]CC(O)COC1=CC=C(C(C)(C)c2ccc(OCC(O)CO)cc2)CC1. The topological polar surface area (TPSA) is 79.2 Å². The number of hydrogen-bond acceptors (Lipinski definition) is 5. The lowest BCUT2D eigenvalue weighted by Crippen LogP contribution is -2.23. The summed E-state index contributed by atoms with van der Waals surface area (Å²) in [6.07, 6.45) is 4.44. The Bertz CT molecular complexity index is 651. The Morgan fingerprint density at radius 2 is 1.67 bits per heavy atom. The Labute approximate surface area is 162 Å². The third kappa shape index (κ3) is 6.13. The van der Waals surface area contributed by atoms with E-state index in [1.165, 1.54) is 11.1 Å². The third-order valence-electron chi connectivity index (χ3n) is 4.88. The van der Waals surface area contributed by atoms with Crippen molar-refractivity contribution in [3.8, 4) is 5.75 Å². The summed E-state index contributed by atoms with van der Waals surface area (Å²) < 4.78 is 11.1. The standard InChI is InChI=1S/C21H29BO5/c1-21(2,15-3-7-19(8-4-15)26-13-17(24)11-22)16-5-9-20(10-6-16)27-14-18(25)12-23/h3,5-7,9-10,17-18,23-25H,4,8,11-14H2,1-2H3. The van der Waals surface area contributed by atoms with E-state index in [-0.39, 0.29) is 31.6 Å². The van der Waals surface area contributed by atoms with Crippen molar-refractivity contribution in [2.75, 3.05) is 19.8 Å². The summed E-state index contributed by atoms with van der Waals surface area (Å²) >= 11 is 0. The molecule has 3 N–H and O–H groups in total. The van der Waals surface area contributed by atoms with Crippen LogP contribution in [0, 0.1) is 0 Å². The van der Waals surface area contributed by atoms with Crippen molar-refractivity contribution < 1.29 is 24.8 Å². The quantitative estimate of drug-likeness (QED) is 0.549. The van der Waals surface area contributed by atoms with E-state index in [0.717, 1.165) is 18.6 Å². The van der Waals surface area contributed by atoms with E-state index < -0.39 is 12.2 Å². The van der Waals surface area contributed by atoms with Crippen LogP contribution < -0.4 is 4.74 Å². The molecule has 5 nitrogen and oxygen atoms in total. The zero-order valence-corrected chi connectivity index (χ0v) is 16.1. The van der Waals surface area contributed by atoms with Crippen molar-refractivity contribution in [1.29, 1.82) is 0 Å². The lowest BCUT2D eigenvalue weighted by atomic mass is 9.74. The highest BCUT2D eigenvalue weighted by atomic mass is 16.5. The Kier molecular flexibility index (Phi) is 7.96. The van der Waals surface area contributed by atoms with Crippen molar-refractivity contribution >= 4 is 7.85 Å². The van der Waals surface area contributed by atoms with E-state index in [1.807, 2.05) is 30.3 Å². The molecular formula is C21H29BO5. The second kappa shape index (κ2) is 9.97. The zero-order chi connectivity index (χ0) is 19.9. The van der Waals surface area contributed by atoms with Crippen LogP contribution >= 0.6 is 0 Å². The van der Waals surface area contributed by atoms with Gasteiger partial charge in [0.25, 0.3) is 0 Å². The summed E-state index contributed by atoms with van der Waals surface area (Å²) in [7, 11) is 5.39. The van der Waals surface area contributed by atoms with Gasteiger partial charge in [0, 0.05) is 11.8 Å². The van der Waals surface area contributed by atoms with Crippen molar-refractivity contribution in [3.05, 3.63) is 53.3 Å². The highest BCUT2D eigenvalue weighted by molar-refractivity contribution is 6.08. The molecule has 2 unspecified atom stereocenters. The number of benzene rings is 1. The molecule has 0 aliphatic heterocycles. The highest BCUT2D eigenvalue weighted by Gasteiger charge is 2.27. The molecule has 1 aromatic carbocycles. The van der Waals surface area contributed by atoms with Crippen molar-refractivity contribution in [2.24, 2.45) is 0 Å². The lowest BCUT2D eigenvalue weighted by molar-refractivity contribution is 0.0536. The number of hydrogen-bond donors (Lipinski definition) is 3. The van der Waals surface area contributed by atoms with Gasteiger partial charge in [0.2, 0.25) is 0 Å². The van der Waals surface area contributed by atoms with Crippen LogP contribution in [0.3, 0.4) is 0 Å². The molecule has 2 atom stereocenters. The molecule has 0 bridgehead atoms. The summed E-state index contributed by atoms with van der Waals surface area (Å²) in [5, 5.41) is 27.7. The average molecular weight is 372 g/mol. The number of aliphatic hydroxyl groups excluding tert-OH is 3. The predicted octanol–water partition coefficient (Wildman–Crippen LogP) is 2.26. The summed E-state index contributed by atoms with van der Waals surface area (Å²) in [6, 6.07) is 7.80. The van der Waals surface area contributed by atoms with Crippen molar-refractivity contribution in [3.63, 3.8) is 0 Å².